The van der Waals surface area contributed by atoms with Crippen molar-refractivity contribution in [3.63, 3.8) is 0 Å². The van der Waals surface area contributed by atoms with Crippen molar-refractivity contribution in [2.24, 2.45) is 4.99 Å². The lowest BCUT2D eigenvalue weighted by molar-refractivity contribution is 0.0341. The normalized spacial score (nSPS) is 15.1. The van der Waals surface area contributed by atoms with Gasteiger partial charge in [0.25, 0.3) is 0 Å². The van der Waals surface area contributed by atoms with Gasteiger partial charge in [-0.15, -0.1) is 0 Å². The number of hydrogen-bond donors (Lipinski definition) is 2. The van der Waals surface area contributed by atoms with Crippen LogP contribution in [0.2, 0.25) is 0 Å². The van der Waals surface area contributed by atoms with Gasteiger partial charge >= 0.3 is 0 Å². The van der Waals surface area contributed by atoms with E-state index < -0.39 is 0 Å². The SMILES string of the molecule is CN=C(NCc1cnn(-c2ccccc2)c1)NCc1ccccc1CN1CCOCC1. The number of aliphatic imine (C=N–C) groups is 1. The second-order valence-corrected chi connectivity index (χ2v) is 7.57. The molecule has 0 radical (unpaired) electrons. The fraction of sp³-hybridized carbons (Fsp3) is 0.333. The Bertz CT molecular complexity index is 978. The Morgan fingerprint density at radius 2 is 1.68 bits per heavy atom. The van der Waals surface area contributed by atoms with E-state index in [2.05, 4.69) is 49.9 Å². The number of morpholine rings is 1. The van der Waals surface area contributed by atoms with Gasteiger partial charge in [-0.25, -0.2) is 4.68 Å². The van der Waals surface area contributed by atoms with Gasteiger partial charge in [0, 0.05) is 51.5 Å². The van der Waals surface area contributed by atoms with E-state index in [-0.39, 0.29) is 0 Å². The summed E-state index contributed by atoms with van der Waals surface area (Å²) in [7, 11) is 1.79. The number of nitrogens with zero attached hydrogens (tertiary/aromatic N) is 4. The molecule has 1 aliphatic rings. The number of para-hydroxylation sites is 1. The second-order valence-electron chi connectivity index (χ2n) is 7.57. The Kier molecular flexibility index (Phi) is 7.31. The first kappa shape index (κ1) is 21.1. The molecule has 0 amide bonds. The molecule has 162 valence electrons. The molecule has 31 heavy (non-hydrogen) atoms. The van der Waals surface area contributed by atoms with E-state index in [4.69, 9.17) is 4.74 Å². The third-order valence-electron chi connectivity index (χ3n) is 5.40. The summed E-state index contributed by atoms with van der Waals surface area (Å²) in [6, 6.07) is 18.7. The topological polar surface area (TPSA) is 66.7 Å². The van der Waals surface area contributed by atoms with Crippen molar-refractivity contribution >= 4 is 5.96 Å². The van der Waals surface area contributed by atoms with E-state index >= 15 is 0 Å². The lowest BCUT2D eigenvalue weighted by Crippen LogP contribution is -2.37. The summed E-state index contributed by atoms with van der Waals surface area (Å²) in [6.45, 7) is 5.94. The first-order valence-electron chi connectivity index (χ1n) is 10.7. The first-order chi connectivity index (χ1) is 15.3. The van der Waals surface area contributed by atoms with Crippen LogP contribution in [0.5, 0.6) is 0 Å². The average Bonchev–Trinajstić information content (AvgIpc) is 3.30. The Morgan fingerprint density at radius 3 is 2.45 bits per heavy atom. The Hall–Kier alpha value is -3.16. The fourth-order valence-electron chi connectivity index (χ4n) is 3.64. The highest BCUT2D eigenvalue weighted by molar-refractivity contribution is 5.79. The van der Waals surface area contributed by atoms with Gasteiger partial charge < -0.3 is 15.4 Å². The molecule has 1 aromatic heterocycles. The van der Waals surface area contributed by atoms with Crippen molar-refractivity contribution in [3.05, 3.63) is 83.7 Å². The maximum absolute atomic E-state index is 5.47. The zero-order valence-corrected chi connectivity index (χ0v) is 18.0. The molecule has 0 spiro atoms. The van der Waals surface area contributed by atoms with Crippen LogP contribution in [0.4, 0.5) is 0 Å². The van der Waals surface area contributed by atoms with Gasteiger partial charge in [-0.05, 0) is 23.3 Å². The summed E-state index contributed by atoms with van der Waals surface area (Å²) < 4.78 is 7.35. The van der Waals surface area contributed by atoms with E-state index in [1.807, 2.05) is 47.4 Å². The van der Waals surface area contributed by atoms with Crippen LogP contribution in [0.15, 0.2) is 72.0 Å². The van der Waals surface area contributed by atoms with Gasteiger partial charge in [0.2, 0.25) is 0 Å². The number of hydrogen-bond acceptors (Lipinski definition) is 4. The quantitative estimate of drug-likeness (QED) is 0.456. The minimum Gasteiger partial charge on any atom is -0.379 e. The third kappa shape index (κ3) is 5.93. The minimum absolute atomic E-state index is 0.655. The summed E-state index contributed by atoms with van der Waals surface area (Å²) in [5.41, 5.74) is 4.78. The first-order valence-corrected chi connectivity index (χ1v) is 10.7. The van der Waals surface area contributed by atoms with Crippen molar-refractivity contribution in [2.75, 3.05) is 33.4 Å². The van der Waals surface area contributed by atoms with Crippen molar-refractivity contribution < 1.29 is 4.74 Å². The van der Waals surface area contributed by atoms with Gasteiger partial charge in [-0.1, -0.05) is 42.5 Å². The number of benzene rings is 2. The van der Waals surface area contributed by atoms with Crippen LogP contribution in [0.3, 0.4) is 0 Å². The van der Waals surface area contributed by atoms with Gasteiger partial charge in [-0.3, -0.25) is 9.89 Å². The average molecular weight is 419 g/mol. The summed E-state index contributed by atoms with van der Waals surface area (Å²) in [5.74, 6) is 0.772. The molecule has 4 rings (SSSR count). The highest BCUT2D eigenvalue weighted by Gasteiger charge is 2.13. The molecule has 1 aliphatic heterocycles. The number of rotatable bonds is 7. The molecule has 0 atom stereocenters. The summed E-state index contributed by atoms with van der Waals surface area (Å²) >= 11 is 0. The number of guanidine groups is 1. The van der Waals surface area contributed by atoms with Crippen LogP contribution in [-0.4, -0.2) is 54.0 Å². The molecule has 1 saturated heterocycles. The van der Waals surface area contributed by atoms with Crippen molar-refractivity contribution in [2.45, 2.75) is 19.6 Å². The highest BCUT2D eigenvalue weighted by Crippen LogP contribution is 2.13. The monoisotopic (exact) mass is 418 g/mol. The Balaban J connectivity index is 1.31. The van der Waals surface area contributed by atoms with E-state index in [1.54, 1.807) is 7.05 Å². The van der Waals surface area contributed by atoms with E-state index in [0.717, 1.165) is 56.6 Å². The Labute approximate surface area is 183 Å². The van der Waals surface area contributed by atoms with Crippen LogP contribution in [0.25, 0.3) is 5.69 Å². The molecule has 7 heteroatoms. The molecule has 0 unspecified atom stereocenters. The van der Waals surface area contributed by atoms with Crippen molar-refractivity contribution in [3.8, 4) is 5.69 Å². The van der Waals surface area contributed by atoms with E-state index in [0.29, 0.717) is 6.54 Å². The summed E-state index contributed by atoms with van der Waals surface area (Å²) in [5, 5.41) is 11.3. The lowest BCUT2D eigenvalue weighted by atomic mass is 10.1. The predicted molar refractivity (Wildman–Crippen MR) is 123 cm³/mol. The van der Waals surface area contributed by atoms with E-state index in [1.165, 1.54) is 11.1 Å². The van der Waals surface area contributed by atoms with Crippen LogP contribution in [0, 0.1) is 0 Å². The smallest absolute Gasteiger partial charge is 0.191 e. The van der Waals surface area contributed by atoms with Crippen LogP contribution >= 0.6 is 0 Å². The summed E-state index contributed by atoms with van der Waals surface area (Å²) in [6.07, 6.45) is 3.91. The number of nitrogens with one attached hydrogen (secondary N) is 2. The fourth-order valence-corrected chi connectivity index (χ4v) is 3.64. The Morgan fingerprint density at radius 1 is 0.968 bits per heavy atom. The molecular formula is C24H30N6O. The maximum Gasteiger partial charge on any atom is 0.191 e. The van der Waals surface area contributed by atoms with Crippen molar-refractivity contribution in [1.29, 1.82) is 0 Å². The molecule has 7 nitrogen and oxygen atoms in total. The van der Waals surface area contributed by atoms with Gasteiger partial charge in [0.15, 0.2) is 5.96 Å². The molecule has 0 bridgehead atoms. The molecule has 2 heterocycles. The highest BCUT2D eigenvalue weighted by atomic mass is 16.5. The zero-order valence-electron chi connectivity index (χ0n) is 18.0. The molecule has 1 fully saturated rings. The van der Waals surface area contributed by atoms with Crippen LogP contribution in [0.1, 0.15) is 16.7 Å². The molecular weight excluding hydrogens is 388 g/mol. The van der Waals surface area contributed by atoms with Crippen LogP contribution in [-0.2, 0) is 24.4 Å². The summed E-state index contributed by atoms with van der Waals surface area (Å²) in [4.78, 5) is 6.81. The number of aromatic nitrogens is 2. The lowest BCUT2D eigenvalue weighted by Gasteiger charge is -2.27. The minimum atomic E-state index is 0.655. The standard InChI is InChI=1S/C24H30N6O/c1-25-24(26-15-20-16-28-30(18-20)23-9-3-2-4-10-23)27-17-21-7-5-6-8-22(21)19-29-11-13-31-14-12-29/h2-10,16,18H,11-15,17,19H2,1H3,(H2,25,26,27). The molecule has 3 aromatic rings. The largest absolute Gasteiger partial charge is 0.379 e. The molecule has 2 aromatic carbocycles. The molecule has 0 aliphatic carbocycles. The number of ether oxygens (including phenoxy) is 1. The van der Waals surface area contributed by atoms with Crippen molar-refractivity contribution in [1.82, 2.24) is 25.3 Å². The zero-order chi connectivity index (χ0) is 21.3. The van der Waals surface area contributed by atoms with E-state index in [9.17, 15) is 0 Å². The molecule has 0 saturated carbocycles. The third-order valence-corrected chi connectivity index (χ3v) is 5.40. The molecule has 2 N–H and O–H groups in total. The van der Waals surface area contributed by atoms with Crippen LogP contribution < -0.4 is 10.6 Å². The second kappa shape index (κ2) is 10.7. The maximum atomic E-state index is 5.47. The van der Waals surface area contributed by atoms with Gasteiger partial charge in [0.05, 0.1) is 25.1 Å². The van der Waals surface area contributed by atoms with Gasteiger partial charge in [-0.2, -0.15) is 5.10 Å². The van der Waals surface area contributed by atoms with Gasteiger partial charge in [0.1, 0.15) is 0 Å². The predicted octanol–water partition coefficient (Wildman–Crippen LogP) is 2.57.